The van der Waals surface area contributed by atoms with Crippen LogP contribution in [-0.2, 0) is 47.5 Å². The van der Waals surface area contributed by atoms with Gasteiger partial charge in [0.2, 0.25) is 0 Å². The predicted octanol–water partition coefficient (Wildman–Crippen LogP) is 12.3. The molecule has 3 unspecified atom stereocenters. The summed E-state index contributed by atoms with van der Waals surface area (Å²) in [5.41, 5.74) is 0. The number of unbranched alkanes of at least 4 members (excludes halogenated alkanes) is 10. The van der Waals surface area contributed by atoms with Crippen molar-refractivity contribution in [3.8, 4) is 0 Å². The number of rotatable bonds is 42. The molecular formula is C52H93NO11. The van der Waals surface area contributed by atoms with Gasteiger partial charge in [-0.2, -0.15) is 0 Å². The molecule has 0 aromatic heterocycles. The number of carbonyl (C=O) groups is 4. The Balaban J connectivity index is 2.64. The smallest absolute Gasteiger partial charge is 0.465 e. The van der Waals surface area contributed by atoms with Gasteiger partial charge in [-0.25, -0.2) is 4.79 Å². The summed E-state index contributed by atoms with van der Waals surface area (Å²) in [5, 5.41) is 0. The predicted molar refractivity (Wildman–Crippen MR) is 255 cm³/mol. The maximum absolute atomic E-state index is 13.0. The summed E-state index contributed by atoms with van der Waals surface area (Å²) in [4.78, 5) is 53.2. The van der Waals surface area contributed by atoms with Crippen LogP contribution in [0.1, 0.15) is 195 Å². The molecule has 0 saturated carbocycles. The third-order valence-corrected chi connectivity index (χ3v) is 11.6. The summed E-state index contributed by atoms with van der Waals surface area (Å²) in [6.45, 7) is 15.2. The van der Waals surface area contributed by atoms with Gasteiger partial charge >= 0.3 is 24.1 Å². The first-order valence-corrected chi connectivity index (χ1v) is 25.8. The minimum Gasteiger partial charge on any atom is -0.465 e. The van der Waals surface area contributed by atoms with Crippen molar-refractivity contribution >= 4 is 24.1 Å². The zero-order valence-corrected chi connectivity index (χ0v) is 41.3. The number of carbonyl (C=O) groups excluding carboxylic acids is 4. The Kier molecular flexibility index (Phi) is 39.4. The average molecular weight is 908 g/mol. The molecular weight excluding hydrogens is 815 g/mol. The largest absolute Gasteiger partial charge is 0.508 e. The van der Waals surface area contributed by atoms with Crippen LogP contribution < -0.4 is 0 Å². The van der Waals surface area contributed by atoms with Crippen molar-refractivity contribution in [2.75, 3.05) is 65.9 Å². The van der Waals surface area contributed by atoms with Gasteiger partial charge in [0.1, 0.15) is 19.8 Å². The van der Waals surface area contributed by atoms with Crippen molar-refractivity contribution in [2.45, 2.75) is 201 Å². The van der Waals surface area contributed by atoms with Gasteiger partial charge in [-0.05, 0) is 109 Å². The van der Waals surface area contributed by atoms with E-state index in [1.165, 1.54) is 25.7 Å². The van der Waals surface area contributed by atoms with Gasteiger partial charge in [-0.15, -0.1) is 0 Å². The molecule has 12 heteroatoms. The Morgan fingerprint density at radius 1 is 0.547 bits per heavy atom. The molecule has 0 spiro atoms. The SMILES string of the molecule is CC/C=C\CCCCOC(CCC(=O)OCC(COC(=O)CCCCCC(=O)OCC(CCCC)CCCCCC)COC(=O)OCC1CCCN(CC)C1)OCCCC/C=C\CC. The third kappa shape index (κ3) is 35.3. The Bertz CT molecular complexity index is 1190. The molecule has 1 heterocycles. The molecule has 0 radical (unpaired) electrons. The lowest BCUT2D eigenvalue weighted by molar-refractivity contribution is -0.161. The highest BCUT2D eigenvalue weighted by atomic mass is 16.7. The van der Waals surface area contributed by atoms with E-state index in [-0.39, 0.29) is 51.2 Å². The van der Waals surface area contributed by atoms with E-state index in [2.05, 4.69) is 63.8 Å². The van der Waals surface area contributed by atoms with Crippen LogP contribution in [0.2, 0.25) is 0 Å². The fourth-order valence-electron chi connectivity index (χ4n) is 7.54. The summed E-state index contributed by atoms with van der Waals surface area (Å²) in [6.07, 6.45) is 29.6. The van der Waals surface area contributed by atoms with E-state index in [0.29, 0.717) is 57.8 Å². The monoisotopic (exact) mass is 908 g/mol. The van der Waals surface area contributed by atoms with Crippen LogP contribution in [0.5, 0.6) is 0 Å². The van der Waals surface area contributed by atoms with Gasteiger partial charge in [0.25, 0.3) is 0 Å². The van der Waals surface area contributed by atoms with Crippen molar-refractivity contribution in [2.24, 2.45) is 17.8 Å². The van der Waals surface area contributed by atoms with Gasteiger partial charge in [0, 0.05) is 44.9 Å². The second-order valence-corrected chi connectivity index (χ2v) is 17.6. The van der Waals surface area contributed by atoms with Crippen LogP contribution in [0, 0.1) is 17.8 Å². The first kappa shape index (κ1) is 59.1. The van der Waals surface area contributed by atoms with E-state index >= 15 is 0 Å². The summed E-state index contributed by atoms with van der Waals surface area (Å²) in [6, 6.07) is 0. The standard InChI is InChI=1S/C52H93NO11/c1-6-11-15-18-20-26-37-58-51(59-38-27-21-19-16-12-7-2)35-34-50(56)62-43-47(44-64-52(57)63-41-46-31-28-36-53(10-5)39-46)42-61-49(55)33-25-22-24-32-48(54)60-40-45(29-14-9-4)30-23-17-13-8-3/h11-12,15-16,45-47,51H,6-10,13-14,17-44H2,1-5H3/b15-11-,16-12-. The molecule has 64 heavy (non-hydrogen) atoms. The Hall–Kier alpha value is -2.96. The van der Waals surface area contributed by atoms with Crippen molar-refractivity contribution in [1.82, 2.24) is 4.90 Å². The molecule has 0 aromatic rings. The average Bonchev–Trinajstić information content (AvgIpc) is 3.30. The van der Waals surface area contributed by atoms with Crippen molar-refractivity contribution in [3.05, 3.63) is 24.3 Å². The van der Waals surface area contributed by atoms with Crippen LogP contribution in [0.3, 0.4) is 0 Å². The molecule has 0 N–H and O–H groups in total. The normalized spacial score (nSPS) is 15.4. The Labute approximate surface area is 389 Å². The lowest BCUT2D eigenvalue weighted by Gasteiger charge is -2.31. The van der Waals surface area contributed by atoms with Gasteiger partial charge in [0.15, 0.2) is 6.29 Å². The number of likely N-dealkylation sites (tertiary alicyclic amines) is 1. The number of ether oxygens (including phenoxy) is 7. The number of hydrogen-bond acceptors (Lipinski definition) is 12. The van der Waals surface area contributed by atoms with Crippen LogP contribution in [-0.4, -0.2) is 101 Å². The second-order valence-electron chi connectivity index (χ2n) is 17.6. The number of allylic oxidation sites excluding steroid dienone is 4. The topological polar surface area (TPSA) is 136 Å². The van der Waals surface area contributed by atoms with Gasteiger partial charge in [-0.1, -0.05) is 104 Å². The summed E-state index contributed by atoms with van der Waals surface area (Å²) < 4.78 is 39.9. The molecule has 1 aliphatic heterocycles. The van der Waals surface area contributed by atoms with Gasteiger partial charge < -0.3 is 38.1 Å². The quantitative estimate of drug-likeness (QED) is 0.0190. The van der Waals surface area contributed by atoms with E-state index in [4.69, 9.17) is 33.2 Å². The number of hydrogen-bond donors (Lipinski definition) is 0. The second kappa shape index (κ2) is 42.7. The molecule has 0 bridgehead atoms. The van der Waals surface area contributed by atoms with E-state index < -0.39 is 30.3 Å². The number of esters is 3. The molecule has 372 valence electrons. The Morgan fingerprint density at radius 3 is 1.67 bits per heavy atom. The van der Waals surface area contributed by atoms with Crippen LogP contribution in [0.4, 0.5) is 4.79 Å². The summed E-state index contributed by atoms with van der Waals surface area (Å²) in [7, 11) is 0. The van der Waals surface area contributed by atoms with E-state index in [0.717, 1.165) is 110 Å². The summed E-state index contributed by atoms with van der Waals surface area (Å²) >= 11 is 0. The zero-order valence-electron chi connectivity index (χ0n) is 41.3. The maximum Gasteiger partial charge on any atom is 0.508 e. The fourth-order valence-corrected chi connectivity index (χ4v) is 7.54. The van der Waals surface area contributed by atoms with Crippen LogP contribution in [0.25, 0.3) is 0 Å². The highest BCUT2D eigenvalue weighted by Gasteiger charge is 2.23. The molecule has 1 fully saturated rings. The van der Waals surface area contributed by atoms with Gasteiger partial charge in [0.05, 0.1) is 25.6 Å². The van der Waals surface area contributed by atoms with Crippen molar-refractivity contribution < 1.29 is 52.3 Å². The van der Waals surface area contributed by atoms with E-state index in [1.807, 2.05) is 0 Å². The Morgan fingerprint density at radius 2 is 1.09 bits per heavy atom. The number of nitrogens with zero attached hydrogens (tertiary/aromatic N) is 1. The molecule has 3 atom stereocenters. The lowest BCUT2D eigenvalue weighted by atomic mass is 9.96. The molecule has 0 amide bonds. The molecule has 1 rings (SSSR count). The van der Waals surface area contributed by atoms with Crippen LogP contribution >= 0.6 is 0 Å². The molecule has 0 aromatic carbocycles. The number of piperidine rings is 1. The van der Waals surface area contributed by atoms with Crippen molar-refractivity contribution in [3.63, 3.8) is 0 Å². The van der Waals surface area contributed by atoms with E-state index in [1.54, 1.807) is 0 Å². The van der Waals surface area contributed by atoms with E-state index in [9.17, 15) is 19.2 Å². The minimum atomic E-state index is -0.793. The minimum absolute atomic E-state index is 0.0841. The third-order valence-electron chi connectivity index (χ3n) is 11.6. The highest BCUT2D eigenvalue weighted by molar-refractivity contribution is 5.70. The fraction of sp³-hybridized carbons (Fsp3) is 0.846. The maximum atomic E-state index is 13.0. The first-order valence-electron chi connectivity index (χ1n) is 25.8. The summed E-state index contributed by atoms with van der Waals surface area (Å²) in [5.74, 6) is -0.927. The molecule has 1 saturated heterocycles. The van der Waals surface area contributed by atoms with Crippen LogP contribution in [0.15, 0.2) is 24.3 Å². The lowest BCUT2D eigenvalue weighted by Crippen LogP contribution is -2.37. The van der Waals surface area contributed by atoms with Crippen molar-refractivity contribution in [1.29, 1.82) is 0 Å². The zero-order chi connectivity index (χ0) is 46.7. The molecule has 12 nitrogen and oxygen atoms in total. The van der Waals surface area contributed by atoms with Gasteiger partial charge in [-0.3, -0.25) is 14.4 Å². The first-order chi connectivity index (χ1) is 31.2. The molecule has 1 aliphatic rings. The highest BCUT2D eigenvalue weighted by Crippen LogP contribution is 2.20. The molecule has 0 aliphatic carbocycles.